The highest BCUT2D eigenvalue weighted by Crippen LogP contribution is 2.19. The van der Waals surface area contributed by atoms with E-state index in [4.69, 9.17) is 9.15 Å². The molecule has 0 saturated heterocycles. The first-order valence-electron chi connectivity index (χ1n) is 9.99. The van der Waals surface area contributed by atoms with Gasteiger partial charge in [-0.1, -0.05) is 42.5 Å². The van der Waals surface area contributed by atoms with E-state index in [-0.39, 0.29) is 12.3 Å². The van der Waals surface area contributed by atoms with Crippen molar-refractivity contribution in [2.45, 2.75) is 6.42 Å². The summed E-state index contributed by atoms with van der Waals surface area (Å²) in [7, 11) is 0. The molecule has 3 aromatic carbocycles. The van der Waals surface area contributed by atoms with Gasteiger partial charge in [-0.15, -0.1) is 0 Å². The maximum absolute atomic E-state index is 12.3. The lowest BCUT2D eigenvalue weighted by Gasteiger charge is -2.05. The molecule has 0 aliphatic rings. The Morgan fingerprint density at radius 3 is 2.56 bits per heavy atom. The molecule has 1 aromatic heterocycles. The van der Waals surface area contributed by atoms with E-state index in [0.717, 1.165) is 21.9 Å². The quantitative estimate of drug-likeness (QED) is 0.153. The van der Waals surface area contributed by atoms with Crippen LogP contribution in [-0.2, 0) is 16.0 Å². The fourth-order valence-corrected chi connectivity index (χ4v) is 3.15. The van der Waals surface area contributed by atoms with Gasteiger partial charge in [0.05, 0.1) is 18.9 Å². The van der Waals surface area contributed by atoms with Crippen molar-refractivity contribution in [3.63, 3.8) is 0 Å². The zero-order valence-corrected chi connectivity index (χ0v) is 17.1. The molecule has 0 aliphatic heterocycles. The van der Waals surface area contributed by atoms with Crippen molar-refractivity contribution in [2.24, 2.45) is 5.10 Å². The molecule has 0 spiro atoms. The van der Waals surface area contributed by atoms with Gasteiger partial charge in [0, 0.05) is 6.08 Å². The number of esters is 1. The molecule has 0 bridgehead atoms. The van der Waals surface area contributed by atoms with Crippen LogP contribution in [0.1, 0.15) is 16.9 Å². The maximum Gasteiger partial charge on any atom is 0.336 e. The Kier molecular flexibility index (Phi) is 6.53. The van der Waals surface area contributed by atoms with Crippen molar-refractivity contribution in [1.29, 1.82) is 0 Å². The summed E-state index contributed by atoms with van der Waals surface area (Å²) in [6.45, 7) is 0. The Labute approximate surface area is 184 Å². The van der Waals surface area contributed by atoms with Gasteiger partial charge in [-0.05, 0) is 64.4 Å². The fraction of sp³-hybridized carbons (Fsp3) is 0.0385. The Bertz CT molecular complexity index is 1270. The summed E-state index contributed by atoms with van der Waals surface area (Å²) in [6, 6.07) is 24.1. The minimum absolute atomic E-state index is 0.202. The second kappa shape index (κ2) is 10.0. The molecule has 0 aliphatic carbocycles. The maximum atomic E-state index is 12.3. The molecule has 6 nitrogen and oxygen atoms in total. The number of benzene rings is 3. The molecule has 0 unspecified atom stereocenters. The Balaban J connectivity index is 1.29. The number of furan rings is 1. The van der Waals surface area contributed by atoms with Gasteiger partial charge in [0.1, 0.15) is 11.5 Å². The van der Waals surface area contributed by atoms with E-state index in [1.807, 2.05) is 42.5 Å². The number of ether oxygens (including phenoxy) is 1. The lowest BCUT2D eigenvalue weighted by Crippen LogP contribution is -2.19. The predicted molar refractivity (Wildman–Crippen MR) is 123 cm³/mol. The molecule has 4 rings (SSSR count). The Morgan fingerprint density at radius 2 is 1.75 bits per heavy atom. The van der Waals surface area contributed by atoms with Crippen molar-refractivity contribution >= 4 is 34.9 Å². The summed E-state index contributed by atoms with van der Waals surface area (Å²) in [5.74, 6) is 0.252. The average molecular weight is 424 g/mol. The molecular weight excluding hydrogens is 404 g/mol. The highest BCUT2D eigenvalue weighted by Gasteiger charge is 2.06. The third-order valence-electron chi connectivity index (χ3n) is 4.66. The van der Waals surface area contributed by atoms with Crippen molar-refractivity contribution in [1.82, 2.24) is 5.43 Å². The smallest absolute Gasteiger partial charge is 0.336 e. The number of amides is 1. The summed E-state index contributed by atoms with van der Waals surface area (Å²) >= 11 is 0. The summed E-state index contributed by atoms with van der Waals surface area (Å²) in [6.07, 6.45) is 6.11. The zero-order chi connectivity index (χ0) is 22.2. The number of nitrogens with one attached hydrogen (secondary N) is 1. The van der Waals surface area contributed by atoms with Crippen LogP contribution in [0, 0.1) is 0 Å². The van der Waals surface area contributed by atoms with Gasteiger partial charge in [-0.3, -0.25) is 4.79 Å². The standard InChI is InChI=1S/C26H20N2O4/c29-25(17-21-7-3-6-20-5-1-2-9-24(20)21)28-27-18-19-10-12-23(13-11-19)32-26(30)15-14-22-8-4-16-31-22/h1-16,18H,17H2,(H,28,29)/b15-14+,27-18-. The second-order valence-electron chi connectivity index (χ2n) is 6.95. The van der Waals surface area contributed by atoms with Crippen molar-refractivity contribution in [3.05, 3.63) is 108 Å². The van der Waals surface area contributed by atoms with Gasteiger partial charge < -0.3 is 9.15 Å². The number of hydrogen-bond acceptors (Lipinski definition) is 5. The number of carbonyl (C=O) groups is 2. The van der Waals surface area contributed by atoms with E-state index < -0.39 is 5.97 Å². The van der Waals surface area contributed by atoms with E-state index in [1.54, 1.807) is 36.4 Å². The van der Waals surface area contributed by atoms with Gasteiger partial charge in [0.25, 0.3) is 0 Å². The first-order valence-corrected chi connectivity index (χ1v) is 9.99. The number of nitrogens with zero attached hydrogens (tertiary/aromatic N) is 1. The topological polar surface area (TPSA) is 80.9 Å². The van der Waals surface area contributed by atoms with Crippen LogP contribution in [-0.4, -0.2) is 18.1 Å². The van der Waals surface area contributed by atoms with Gasteiger partial charge in [-0.25, -0.2) is 10.2 Å². The summed E-state index contributed by atoms with van der Waals surface area (Å²) in [4.78, 5) is 24.1. The molecule has 32 heavy (non-hydrogen) atoms. The monoisotopic (exact) mass is 424 g/mol. The number of rotatable bonds is 7. The fourth-order valence-electron chi connectivity index (χ4n) is 3.15. The van der Waals surface area contributed by atoms with Crippen LogP contribution >= 0.6 is 0 Å². The molecule has 0 radical (unpaired) electrons. The molecule has 0 atom stereocenters. The number of fused-ring (bicyclic) bond motifs is 1. The molecule has 1 amide bonds. The minimum Gasteiger partial charge on any atom is -0.465 e. The normalized spacial score (nSPS) is 11.2. The summed E-state index contributed by atoms with van der Waals surface area (Å²) in [5.41, 5.74) is 4.25. The molecule has 1 N–H and O–H groups in total. The Morgan fingerprint density at radius 1 is 0.938 bits per heavy atom. The molecule has 6 heteroatoms. The summed E-state index contributed by atoms with van der Waals surface area (Å²) < 4.78 is 10.3. The van der Waals surface area contributed by atoms with Crippen LogP contribution in [0.3, 0.4) is 0 Å². The van der Waals surface area contributed by atoms with Crippen LogP contribution in [0.4, 0.5) is 0 Å². The molecule has 0 fully saturated rings. The van der Waals surface area contributed by atoms with Crippen LogP contribution < -0.4 is 10.2 Å². The van der Waals surface area contributed by atoms with Crippen molar-refractivity contribution in [3.8, 4) is 5.75 Å². The number of hydrazone groups is 1. The van der Waals surface area contributed by atoms with Gasteiger partial charge in [0.15, 0.2) is 0 Å². The van der Waals surface area contributed by atoms with Gasteiger partial charge in [-0.2, -0.15) is 5.10 Å². The van der Waals surface area contributed by atoms with Crippen molar-refractivity contribution < 1.29 is 18.7 Å². The van der Waals surface area contributed by atoms with Crippen LogP contribution in [0.25, 0.3) is 16.8 Å². The van der Waals surface area contributed by atoms with Crippen molar-refractivity contribution in [2.75, 3.05) is 0 Å². The Hall–Kier alpha value is -4.45. The zero-order valence-electron chi connectivity index (χ0n) is 17.1. The van der Waals surface area contributed by atoms with Gasteiger partial charge >= 0.3 is 5.97 Å². The molecule has 158 valence electrons. The van der Waals surface area contributed by atoms with Gasteiger partial charge in [0.2, 0.25) is 5.91 Å². The van der Waals surface area contributed by atoms with Crippen LogP contribution in [0.2, 0.25) is 0 Å². The molecular formula is C26H20N2O4. The molecule has 4 aromatic rings. The van der Waals surface area contributed by atoms with Crippen LogP contribution in [0.15, 0.2) is 101 Å². The van der Waals surface area contributed by atoms with E-state index in [9.17, 15) is 9.59 Å². The summed E-state index contributed by atoms with van der Waals surface area (Å²) in [5, 5.41) is 6.16. The van der Waals surface area contributed by atoms with E-state index >= 15 is 0 Å². The first-order chi connectivity index (χ1) is 15.7. The number of carbonyl (C=O) groups excluding carboxylic acids is 2. The van der Waals surface area contributed by atoms with E-state index in [0.29, 0.717) is 11.5 Å². The SMILES string of the molecule is O=C(Cc1cccc2ccccc12)N/N=C\c1ccc(OC(=O)/C=C/c2ccco2)cc1. The average Bonchev–Trinajstić information content (AvgIpc) is 3.33. The third-order valence-corrected chi connectivity index (χ3v) is 4.66. The lowest BCUT2D eigenvalue weighted by atomic mass is 10.0. The molecule has 0 saturated carbocycles. The van der Waals surface area contributed by atoms with E-state index in [1.165, 1.54) is 24.6 Å². The third kappa shape index (κ3) is 5.58. The molecule has 1 heterocycles. The second-order valence-corrected chi connectivity index (χ2v) is 6.95. The highest BCUT2D eigenvalue weighted by atomic mass is 16.5. The minimum atomic E-state index is -0.511. The highest BCUT2D eigenvalue weighted by molar-refractivity contribution is 5.91. The largest absolute Gasteiger partial charge is 0.465 e. The van der Waals surface area contributed by atoms with E-state index in [2.05, 4.69) is 10.5 Å². The first kappa shape index (κ1) is 20.8. The number of hydrogen-bond donors (Lipinski definition) is 1. The predicted octanol–water partition coefficient (Wildman–Crippen LogP) is 4.74. The lowest BCUT2D eigenvalue weighted by molar-refractivity contribution is -0.129. The van der Waals surface area contributed by atoms with Crippen LogP contribution in [0.5, 0.6) is 5.75 Å².